The van der Waals surface area contributed by atoms with Gasteiger partial charge in [0.15, 0.2) is 5.69 Å². The molecule has 90 valence electrons. The number of nitrogens with two attached hydrogens (primary N) is 1. The van der Waals surface area contributed by atoms with E-state index in [1.54, 1.807) is 4.68 Å². The van der Waals surface area contributed by atoms with Crippen molar-refractivity contribution in [3.8, 4) is 0 Å². The Morgan fingerprint density at radius 3 is 2.69 bits per heavy atom. The standard InChI is InChI=1S/C11H19N3O2/c1-4-6-7-14-10(12)8(5-2)9(13-14)11(15)16-3/h4-7,12H2,1-3H3. The van der Waals surface area contributed by atoms with Crippen LogP contribution in [0.25, 0.3) is 0 Å². The number of aromatic nitrogens is 2. The number of nitrogen functional groups attached to an aromatic ring is 1. The van der Waals surface area contributed by atoms with Crippen molar-refractivity contribution in [3.63, 3.8) is 0 Å². The molecule has 0 amide bonds. The monoisotopic (exact) mass is 225 g/mol. The highest BCUT2D eigenvalue weighted by molar-refractivity contribution is 5.90. The van der Waals surface area contributed by atoms with Gasteiger partial charge in [0.1, 0.15) is 5.82 Å². The van der Waals surface area contributed by atoms with Gasteiger partial charge >= 0.3 is 5.97 Å². The van der Waals surface area contributed by atoms with Gasteiger partial charge in [-0.15, -0.1) is 0 Å². The van der Waals surface area contributed by atoms with E-state index in [1.807, 2.05) is 6.92 Å². The summed E-state index contributed by atoms with van der Waals surface area (Å²) in [7, 11) is 1.35. The molecule has 5 heteroatoms. The number of carbonyl (C=O) groups excluding carboxylic acids is 1. The summed E-state index contributed by atoms with van der Waals surface area (Å²) in [6.07, 6.45) is 2.74. The van der Waals surface area contributed by atoms with Crippen LogP contribution < -0.4 is 5.73 Å². The Balaban J connectivity index is 3.04. The summed E-state index contributed by atoms with van der Waals surface area (Å²) in [6.45, 7) is 4.79. The van der Waals surface area contributed by atoms with Gasteiger partial charge in [0.25, 0.3) is 0 Å². The van der Waals surface area contributed by atoms with Gasteiger partial charge in [-0.1, -0.05) is 20.3 Å². The van der Waals surface area contributed by atoms with E-state index in [0.717, 1.165) is 24.9 Å². The molecular weight excluding hydrogens is 206 g/mol. The van der Waals surface area contributed by atoms with Crippen molar-refractivity contribution >= 4 is 11.8 Å². The molecule has 1 aromatic heterocycles. The third-order valence-corrected chi connectivity index (χ3v) is 2.55. The zero-order chi connectivity index (χ0) is 12.1. The third-order valence-electron chi connectivity index (χ3n) is 2.55. The van der Waals surface area contributed by atoms with Crippen LogP contribution in [0.5, 0.6) is 0 Å². The highest BCUT2D eigenvalue weighted by atomic mass is 16.5. The number of ether oxygens (including phenoxy) is 1. The quantitative estimate of drug-likeness (QED) is 0.773. The molecule has 0 aliphatic carbocycles. The van der Waals surface area contributed by atoms with E-state index >= 15 is 0 Å². The summed E-state index contributed by atoms with van der Waals surface area (Å²) in [5.74, 6) is 0.162. The molecule has 1 aromatic rings. The van der Waals surface area contributed by atoms with Crippen LogP contribution in [-0.2, 0) is 17.7 Å². The Hall–Kier alpha value is -1.52. The van der Waals surface area contributed by atoms with Crippen LogP contribution in [0.3, 0.4) is 0 Å². The Morgan fingerprint density at radius 1 is 1.50 bits per heavy atom. The molecule has 0 fully saturated rings. The Morgan fingerprint density at radius 2 is 2.19 bits per heavy atom. The zero-order valence-electron chi connectivity index (χ0n) is 10.1. The molecule has 0 radical (unpaired) electrons. The molecule has 5 nitrogen and oxygen atoms in total. The zero-order valence-corrected chi connectivity index (χ0v) is 10.1. The van der Waals surface area contributed by atoms with E-state index in [-0.39, 0.29) is 0 Å². The van der Waals surface area contributed by atoms with Crippen LogP contribution in [0, 0.1) is 0 Å². The number of unbranched alkanes of at least 4 members (excludes halogenated alkanes) is 1. The minimum atomic E-state index is -0.418. The van der Waals surface area contributed by atoms with Crippen molar-refractivity contribution in [2.24, 2.45) is 0 Å². The minimum absolute atomic E-state index is 0.346. The second-order valence-electron chi connectivity index (χ2n) is 3.63. The summed E-state index contributed by atoms with van der Waals surface area (Å²) in [5, 5.41) is 4.21. The molecule has 1 heterocycles. The van der Waals surface area contributed by atoms with Crippen molar-refractivity contribution in [2.45, 2.75) is 39.7 Å². The first kappa shape index (κ1) is 12.5. The maximum Gasteiger partial charge on any atom is 0.358 e. The topological polar surface area (TPSA) is 70.1 Å². The summed E-state index contributed by atoms with van der Waals surface area (Å²) >= 11 is 0. The molecule has 0 bridgehead atoms. The van der Waals surface area contributed by atoms with Gasteiger partial charge in [-0.2, -0.15) is 5.10 Å². The van der Waals surface area contributed by atoms with E-state index in [0.29, 0.717) is 17.9 Å². The van der Waals surface area contributed by atoms with Crippen molar-refractivity contribution in [1.82, 2.24) is 9.78 Å². The fourth-order valence-electron chi connectivity index (χ4n) is 1.60. The van der Waals surface area contributed by atoms with Gasteiger partial charge in [-0.05, 0) is 12.8 Å². The van der Waals surface area contributed by atoms with Crippen LogP contribution in [0.4, 0.5) is 5.82 Å². The average molecular weight is 225 g/mol. The number of hydrogen-bond acceptors (Lipinski definition) is 4. The number of anilines is 1. The van der Waals surface area contributed by atoms with E-state index < -0.39 is 5.97 Å². The normalized spacial score (nSPS) is 10.4. The van der Waals surface area contributed by atoms with Crippen LogP contribution >= 0.6 is 0 Å². The maximum absolute atomic E-state index is 11.5. The van der Waals surface area contributed by atoms with Crippen molar-refractivity contribution in [1.29, 1.82) is 0 Å². The molecule has 0 aliphatic rings. The molecule has 0 atom stereocenters. The number of rotatable bonds is 5. The molecule has 0 aromatic carbocycles. The Bertz CT molecular complexity index is 372. The molecule has 0 unspecified atom stereocenters. The molecular formula is C11H19N3O2. The lowest BCUT2D eigenvalue weighted by molar-refractivity contribution is 0.0591. The van der Waals surface area contributed by atoms with Crippen molar-refractivity contribution in [3.05, 3.63) is 11.3 Å². The van der Waals surface area contributed by atoms with Crippen LogP contribution in [0.15, 0.2) is 0 Å². The number of nitrogens with zero attached hydrogens (tertiary/aromatic N) is 2. The predicted molar refractivity (Wildman–Crippen MR) is 62.3 cm³/mol. The fraction of sp³-hybridized carbons (Fsp3) is 0.636. The number of hydrogen-bond donors (Lipinski definition) is 1. The van der Waals surface area contributed by atoms with Gasteiger partial charge in [0.05, 0.1) is 7.11 Å². The summed E-state index contributed by atoms with van der Waals surface area (Å²) in [6, 6.07) is 0. The molecule has 2 N–H and O–H groups in total. The number of aryl methyl sites for hydroxylation is 1. The number of methoxy groups -OCH3 is 1. The first-order chi connectivity index (χ1) is 7.65. The van der Waals surface area contributed by atoms with E-state index in [1.165, 1.54) is 7.11 Å². The van der Waals surface area contributed by atoms with Crippen LogP contribution in [0.2, 0.25) is 0 Å². The molecule has 0 aliphatic heterocycles. The first-order valence-corrected chi connectivity index (χ1v) is 5.59. The van der Waals surface area contributed by atoms with Gasteiger partial charge in [0, 0.05) is 12.1 Å². The largest absolute Gasteiger partial charge is 0.464 e. The first-order valence-electron chi connectivity index (χ1n) is 5.59. The third kappa shape index (κ3) is 2.35. The maximum atomic E-state index is 11.5. The Kier molecular flexibility index (Phi) is 4.34. The summed E-state index contributed by atoms with van der Waals surface area (Å²) in [5.41, 5.74) is 7.07. The fourth-order valence-corrected chi connectivity index (χ4v) is 1.60. The molecule has 1 rings (SSSR count). The Labute approximate surface area is 95.6 Å². The lowest BCUT2D eigenvalue weighted by Gasteiger charge is -2.02. The summed E-state index contributed by atoms with van der Waals surface area (Å²) in [4.78, 5) is 11.5. The van der Waals surface area contributed by atoms with Crippen LogP contribution in [-0.4, -0.2) is 22.9 Å². The van der Waals surface area contributed by atoms with Gasteiger partial charge in [-0.3, -0.25) is 0 Å². The van der Waals surface area contributed by atoms with Crippen LogP contribution in [0.1, 0.15) is 42.7 Å². The van der Waals surface area contributed by atoms with Crippen molar-refractivity contribution < 1.29 is 9.53 Å². The molecule has 0 saturated carbocycles. The number of esters is 1. The van der Waals surface area contributed by atoms with Crippen molar-refractivity contribution in [2.75, 3.05) is 12.8 Å². The van der Waals surface area contributed by atoms with Gasteiger partial charge in [0.2, 0.25) is 0 Å². The molecule has 16 heavy (non-hydrogen) atoms. The molecule has 0 saturated heterocycles. The van der Waals surface area contributed by atoms with Gasteiger partial charge < -0.3 is 10.5 Å². The van der Waals surface area contributed by atoms with E-state index in [9.17, 15) is 4.79 Å². The smallest absolute Gasteiger partial charge is 0.358 e. The minimum Gasteiger partial charge on any atom is -0.464 e. The highest BCUT2D eigenvalue weighted by Gasteiger charge is 2.20. The van der Waals surface area contributed by atoms with E-state index in [4.69, 9.17) is 5.73 Å². The SMILES string of the molecule is CCCCn1nc(C(=O)OC)c(CC)c1N. The summed E-state index contributed by atoms with van der Waals surface area (Å²) < 4.78 is 6.37. The average Bonchev–Trinajstić information content (AvgIpc) is 2.62. The highest BCUT2D eigenvalue weighted by Crippen LogP contribution is 2.19. The lowest BCUT2D eigenvalue weighted by Crippen LogP contribution is -2.07. The second-order valence-corrected chi connectivity index (χ2v) is 3.63. The second kappa shape index (κ2) is 5.53. The van der Waals surface area contributed by atoms with E-state index in [2.05, 4.69) is 16.8 Å². The predicted octanol–water partition coefficient (Wildman–Crippen LogP) is 1.61. The number of carbonyl (C=O) groups is 1. The molecule has 0 spiro atoms. The lowest BCUT2D eigenvalue weighted by atomic mass is 10.2. The van der Waals surface area contributed by atoms with Gasteiger partial charge in [-0.25, -0.2) is 9.48 Å².